The summed E-state index contributed by atoms with van der Waals surface area (Å²) < 4.78 is 10.5. The number of benzene rings is 1. The number of amides is 1. The summed E-state index contributed by atoms with van der Waals surface area (Å²) in [6.07, 6.45) is 0. The average molecular weight is 292 g/mol. The van der Waals surface area contributed by atoms with Gasteiger partial charge >= 0.3 is 0 Å². The third kappa shape index (κ3) is 2.21. The van der Waals surface area contributed by atoms with E-state index < -0.39 is 0 Å². The van der Waals surface area contributed by atoms with Gasteiger partial charge in [-0.1, -0.05) is 11.3 Å². The van der Waals surface area contributed by atoms with Gasteiger partial charge in [0.15, 0.2) is 16.6 Å². The molecule has 0 atom stereocenters. The monoisotopic (exact) mass is 292 g/mol. The number of ether oxygens (including phenoxy) is 2. The van der Waals surface area contributed by atoms with Crippen molar-refractivity contribution in [3.63, 3.8) is 0 Å². The van der Waals surface area contributed by atoms with Gasteiger partial charge in [0.2, 0.25) is 6.79 Å². The van der Waals surface area contributed by atoms with E-state index in [0.29, 0.717) is 27.2 Å². The number of carbonyl (C=O) groups is 1. The normalized spacial score (nSPS) is 12.2. The maximum Gasteiger partial charge on any atom is 0.269 e. The van der Waals surface area contributed by atoms with Gasteiger partial charge in [-0.05, 0) is 12.1 Å². The second-order valence-electron chi connectivity index (χ2n) is 4.01. The molecule has 7 nitrogen and oxygen atoms in total. The van der Waals surface area contributed by atoms with E-state index >= 15 is 0 Å². The molecule has 4 N–H and O–H groups in total. The van der Waals surface area contributed by atoms with Crippen molar-refractivity contribution in [3.8, 4) is 11.5 Å². The number of nitrogen functional groups attached to an aromatic ring is 1. The third-order valence-electron chi connectivity index (χ3n) is 2.70. The molecule has 1 amide bonds. The van der Waals surface area contributed by atoms with Gasteiger partial charge in [-0.25, -0.2) is 4.98 Å². The van der Waals surface area contributed by atoms with Crippen molar-refractivity contribution in [1.82, 2.24) is 4.98 Å². The summed E-state index contributed by atoms with van der Waals surface area (Å²) in [7, 11) is 1.72. The van der Waals surface area contributed by atoms with Crippen molar-refractivity contribution in [2.24, 2.45) is 0 Å². The van der Waals surface area contributed by atoms with Crippen molar-refractivity contribution in [3.05, 3.63) is 23.1 Å². The number of nitrogens with zero attached hydrogens (tertiary/aromatic N) is 1. The largest absolute Gasteiger partial charge is 0.454 e. The Morgan fingerprint density at radius 1 is 1.40 bits per heavy atom. The molecule has 0 fully saturated rings. The van der Waals surface area contributed by atoms with Crippen LogP contribution in [0.2, 0.25) is 0 Å². The van der Waals surface area contributed by atoms with Crippen LogP contribution in [0.25, 0.3) is 0 Å². The molecular weight excluding hydrogens is 280 g/mol. The van der Waals surface area contributed by atoms with Crippen molar-refractivity contribution < 1.29 is 14.3 Å². The Morgan fingerprint density at radius 3 is 2.95 bits per heavy atom. The molecule has 0 saturated heterocycles. The SMILES string of the molecule is CNc1nc(N)c(C(=O)Nc2ccc3c(c2)OCO3)s1. The van der Waals surface area contributed by atoms with E-state index in [1.807, 2.05) is 0 Å². The minimum absolute atomic E-state index is 0.194. The number of hydrogen-bond acceptors (Lipinski definition) is 7. The number of hydrogen-bond donors (Lipinski definition) is 3. The number of fused-ring (bicyclic) bond motifs is 1. The molecule has 20 heavy (non-hydrogen) atoms. The Hall–Kier alpha value is -2.48. The molecule has 1 aromatic heterocycles. The van der Waals surface area contributed by atoms with Gasteiger partial charge in [-0.3, -0.25) is 4.79 Å². The first kappa shape index (κ1) is 12.5. The van der Waals surface area contributed by atoms with Crippen LogP contribution in [0.1, 0.15) is 9.67 Å². The van der Waals surface area contributed by atoms with Gasteiger partial charge in [0.1, 0.15) is 10.7 Å². The maximum atomic E-state index is 12.1. The standard InChI is InChI=1S/C12H12N4O3S/c1-14-12-16-10(13)9(20-12)11(17)15-6-2-3-7-8(4-6)19-5-18-7/h2-4H,5,13H2,1H3,(H,14,16)(H,15,17). The molecule has 2 heterocycles. The number of nitrogens with two attached hydrogens (primary N) is 1. The highest BCUT2D eigenvalue weighted by Gasteiger charge is 2.18. The average Bonchev–Trinajstić information content (AvgIpc) is 3.04. The number of aromatic nitrogens is 1. The molecule has 0 radical (unpaired) electrons. The number of thiazole rings is 1. The second kappa shape index (κ2) is 4.89. The van der Waals surface area contributed by atoms with E-state index in [2.05, 4.69) is 15.6 Å². The summed E-state index contributed by atoms with van der Waals surface area (Å²) in [4.78, 5) is 16.5. The first-order chi connectivity index (χ1) is 9.67. The fourth-order valence-corrected chi connectivity index (χ4v) is 2.50. The van der Waals surface area contributed by atoms with Crippen LogP contribution in [-0.4, -0.2) is 24.7 Å². The lowest BCUT2D eigenvalue weighted by Gasteiger charge is -2.04. The fourth-order valence-electron chi connectivity index (χ4n) is 1.76. The van der Waals surface area contributed by atoms with Crippen molar-refractivity contribution in [2.45, 2.75) is 0 Å². The lowest BCUT2D eigenvalue weighted by Crippen LogP contribution is -2.12. The van der Waals surface area contributed by atoms with Crippen LogP contribution in [0, 0.1) is 0 Å². The van der Waals surface area contributed by atoms with E-state index in [9.17, 15) is 4.79 Å². The summed E-state index contributed by atoms with van der Waals surface area (Å²) >= 11 is 1.20. The second-order valence-corrected chi connectivity index (χ2v) is 5.00. The minimum Gasteiger partial charge on any atom is -0.454 e. The zero-order valence-corrected chi connectivity index (χ0v) is 11.4. The molecule has 1 aromatic carbocycles. The van der Waals surface area contributed by atoms with Gasteiger partial charge in [0, 0.05) is 18.8 Å². The van der Waals surface area contributed by atoms with Crippen LogP contribution < -0.4 is 25.8 Å². The highest BCUT2D eigenvalue weighted by atomic mass is 32.1. The highest BCUT2D eigenvalue weighted by molar-refractivity contribution is 7.18. The molecule has 0 unspecified atom stereocenters. The van der Waals surface area contributed by atoms with Gasteiger partial charge in [-0.2, -0.15) is 0 Å². The zero-order valence-electron chi connectivity index (χ0n) is 10.6. The minimum atomic E-state index is -0.305. The number of rotatable bonds is 3. The summed E-state index contributed by atoms with van der Waals surface area (Å²) in [5, 5.41) is 6.20. The van der Waals surface area contributed by atoms with Gasteiger partial charge in [-0.15, -0.1) is 0 Å². The highest BCUT2D eigenvalue weighted by Crippen LogP contribution is 2.34. The molecule has 8 heteroatoms. The van der Waals surface area contributed by atoms with Gasteiger partial charge in [0.05, 0.1) is 0 Å². The summed E-state index contributed by atoms with van der Waals surface area (Å²) in [6, 6.07) is 5.19. The Kier molecular flexibility index (Phi) is 3.07. The van der Waals surface area contributed by atoms with E-state index in [1.165, 1.54) is 11.3 Å². The van der Waals surface area contributed by atoms with Crippen LogP contribution >= 0.6 is 11.3 Å². The van der Waals surface area contributed by atoms with Crippen molar-refractivity contribution in [1.29, 1.82) is 0 Å². The molecule has 0 saturated carbocycles. The number of anilines is 3. The smallest absolute Gasteiger partial charge is 0.269 e. The van der Waals surface area contributed by atoms with Gasteiger partial charge in [0.25, 0.3) is 5.91 Å². The number of nitrogens with one attached hydrogen (secondary N) is 2. The molecular formula is C12H12N4O3S. The Balaban J connectivity index is 1.80. The molecule has 2 aromatic rings. The fraction of sp³-hybridized carbons (Fsp3) is 0.167. The first-order valence-electron chi connectivity index (χ1n) is 5.82. The van der Waals surface area contributed by atoms with Crippen LogP contribution in [0.5, 0.6) is 11.5 Å². The summed E-state index contributed by atoms with van der Waals surface area (Å²) in [5.41, 5.74) is 6.32. The van der Waals surface area contributed by atoms with Crippen LogP contribution in [0.15, 0.2) is 18.2 Å². The first-order valence-corrected chi connectivity index (χ1v) is 6.64. The van der Waals surface area contributed by atoms with Crippen LogP contribution in [-0.2, 0) is 0 Å². The Bertz CT molecular complexity index is 671. The topological polar surface area (TPSA) is 98.5 Å². The predicted molar refractivity (Wildman–Crippen MR) is 76.6 cm³/mol. The molecule has 0 spiro atoms. The molecule has 0 aliphatic carbocycles. The maximum absolute atomic E-state index is 12.1. The molecule has 1 aliphatic rings. The zero-order chi connectivity index (χ0) is 14.1. The lowest BCUT2D eigenvalue weighted by molar-refractivity contribution is 0.103. The Labute approximate surface area is 118 Å². The number of carbonyl (C=O) groups excluding carboxylic acids is 1. The lowest BCUT2D eigenvalue weighted by atomic mass is 10.2. The third-order valence-corrected chi connectivity index (χ3v) is 3.79. The van der Waals surface area contributed by atoms with E-state index in [0.717, 1.165) is 0 Å². The molecule has 3 rings (SSSR count). The van der Waals surface area contributed by atoms with Gasteiger partial charge < -0.3 is 25.8 Å². The molecule has 0 bridgehead atoms. The van der Waals surface area contributed by atoms with Crippen LogP contribution in [0.3, 0.4) is 0 Å². The van der Waals surface area contributed by atoms with Crippen molar-refractivity contribution in [2.75, 3.05) is 30.2 Å². The van der Waals surface area contributed by atoms with E-state index in [1.54, 1.807) is 25.2 Å². The summed E-state index contributed by atoms with van der Waals surface area (Å²) in [6.45, 7) is 0.194. The quantitative estimate of drug-likeness (QED) is 0.797. The van der Waals surface area contributed by atoms with E-state index in [4.69, 9.17) is 15.2 Å². The molecule has 1 aliphatic heterocycles. The summed E-state index contributed by atoms with van der Waals surface area (Å²) in [5.74, 6) is 1.17. The van der Waals surface area contributed by atoms with E-state index in [-0.39, 0.29) is 18.5 Å². The Morgan fingerprint density at radius 2 is 2.20 bits per heavy atom. The van der Waals surface area contributed by atoms with Crippen LogP contribution in [0.4, 0.5) is 16.6 Å². The molecule has 104 valence electrons. The van der Waals surface area contributed by atoms with Crippen molar-refractivity contribution >= 4 is 33.9 Å². The predicted octanol–water partition coefficient (Wildman–Crippen LogP) is 1.75.